The molecule has 5 heterocycles. The highest BCUT2D eigenvalue weighted by Gasteiger charge is 2.32. The summed E-state index contributed by atoms with van der Waals surface area (Å²) in [5.74, 6) is -1.25. The number of carbonyl (C=O) groups is 2. The molecule has 2 aromatic carbocycles. The van der Waals surface area contributed by atoms with E-state index in [0.29, 0.717) is 16.8 Å². The Morgan fingerprint density at radius 2 is 1.85 bits per heavy atom. The molecule has 0 radical (unpaired) electrons. The number of halogens is 4. The molecule has 15 nitrogen and oxygen atoms in total. The predicted octanol–water partition coefficient (Wildman–Crippen LogP) is 4.34. The van der Waals surface area contributed by atoms with E-state index < -0.39 is 35.7 Å². The number of hydrogen-bond donors (Lipinski definition) is 2. The molecule has 1 fully saturated rings. The van der Waals surface area contributed by atoms with E-state index in [1.165, 1.54) is 22.1 Å². The highest BCUT2D eigenvalue weighted by atomic mass is 35.5. The van der Waals surface area contributed by atoms with Gasteiger partial charge in [0.1, 0.15) is 30.3 Å². The summed E-state index contributed by atoms with van der Waals surface area (Å²) in [4.78, 5) is 56.9. The summed E-state index contributed by atoms with van der Waals surface area (Å²) in [7, 11) is 0. The fraction of sp³-hybridized carbons (Fsp3) is 0.273. The number of nitrogens with one attached hydrogen (secondary N) is 1. The van der Waals surface area contributed by atoms with E-state index in [9.17, 15) is 32.7 Å². The molecule has 1 aliphatic rings. The van der Waals surface area contributed by atoms with Gasteiger partial charge in [-0.1, -0.05) is 29.7 Å². The van der Waals surface area contributed by atoms with Crippen molar-refractivity contribution >= 4 is 51.5 Å². The predicted molar refractivity (Wildman–Crippen MR) is 181 cm³/mol. The number of rotatable bonds is 7. The summed E-state index contributed by atoms with van der Waals surface area (Å²) >= 11 is 6.12. The van der Waals surface area contributed by atoms with Crippen molar-refractivity contribution in [3.63, 3.8) is 0 Å². The molecule has 1 aliphatic heterocycles. The van der Waals surface area contributed by atoms with Crippen LogP contribution < -0.4 is 15.8 Å². The number of fused-ring (bicyclic) bond motifs is 2. The third-order valence-corrected chi connectivity index (χ3v) is 9.06. The topological polar surface area (TPSA) is 177 Å². The van der Waals surface area contributed by atoms with Crippen molar-refractivity contribution in [3.05, 3.63) is 87.0 Å². The van der Waals surface area contributed by atoms with Crippen molar-refractivity contribution in [2.75, 3.05) is 36.4 Å². The number of benzene rings is 2. The van der Waals surface area contributed by atoms with Crippen LogP contribution in [0.3, 0.4) is 0 Å². The van der Waals surface area contributed by atoms with Crippen LogP contribution in [-0.2, 0) is 23.9 Å². The largest absolute Gasteiger partial charge is 0.504 e. The Kier molecular flexibility index (Phi) is 8.77. The monoisotopic (exact) mass is 736 g/mol. The lowest BCUT2D eigenvalue weighted by Crippen LogP contribution is -2.51. The molecule has 52 heavy (non-hydrogen) atoms. The Bertz CT molecular complexity index is 2440. The van der Waals surface area contributed by atoms with Crippen molar-refractivity contribution in [2.24, 2.45) is 0 Å². The maximum Gasteiger partial charge on any atom is 0.416 e. The summed E-state index contributed by atoms with van der Waals surface area (Å²) in [6, 6.07) is 7.77. The molecule has 0 atom stereocenters. The number of nitrogens with zero attached hydrogens (tertiary/aromatic N) is 9. The highest BCUT2D eigenvalue weighted by molar-refractivity contribution is 6.33. The van der Waals surface area contributed by atoms with E-state index in [0.717, 1.165) is 28.1 Å². The minimum Gasteiger partial charge on any atom is -0.504 e. The highest BCUT2D eigenvalue weighted by Crippen LogP contribution is 2.34. The molecule has 0 unspecified atom stereocenters. The second-order valence-electron chi connectivity index (χ2n) is 12.0. The maximum absolute atomic E-state index is 14.3. The third kappa shape index (κ3) is 6.25. The number of anilines is 2. The number of carbonyl (C=O) groups excluding carboxylic acids is 2. The molecule has 0 saturated carbocycles. The molecule has 0 spiro atoms. The summed E-state index contributed by atoms with van der Waals surface area (Å²) in [6.45, 7) is 3.71. The van der Waals surface area contributed by atoms with Gasteiger partial charge in [-0.2, -0.15) is 22.7 Å². The minimum absolute atomic E-state index is 0.0382. The second kappa shape index (κ2) is 13.3. The van der Waals surface area contributed by atoms with Gasteiger partial charge in [0, 0.05) is 37.1 Å². The normalized spacial score (nSPS) is 13.7. The lowest BCUT2D eigenvalue weighted by atomic mass is 10.1. The zero-order chi connectivity index (χ0) is 36.9. The molecule has 0 bridgehead atoms. The lowest BCUT2D eigenvalue weighted by Gasteiger charge is -2.36. The van der Waals surface area contributed by atoms with Gasteiger partial charge < -0.3 is 29.3 Å². The number of amides is 2. The Morgan fingerprint density at radius 3 is 2.56 bits per heavy atom. The SMILES string of the molecule is CCc1c(N2CCN(C(=O)c3ncnc(C)c3O)CC2)c(=O)n2nc(-c3ccc4conc4c3)nc2n1CC(=O)Nc1ccc(C(F)(F)F)cc1Cl. The molecule has 1 saturated heterocycles. The smallest absolute Gasteiger partial charge is 0.416 e. The van der Waals surface area contributed by atoms with E-state index in [4.69, 9.17) is 16.1 Å². The van der Waals surface area contributed by atoms with Gasteiger partial charge in [-0.25, -0.2) is 9.97 Å². The minimum atomic E-state index is -4.63. The molecule has 7 rings (SSSR count). The van der Waals surface area contributed by atoms with Crippen LogP contribution in [0, 0.1) is 6.92 Å². The van der Waals surface area contributed by atoms with E-state index >= 15 is 0 Å². The molecule has 19 heteroatoms. The van der Waals surface area contributed by atoms with E-state index in [-0.39, 0.29) is 77.7 Å². The van der Waals surface area contributed by atoms with Gasteiger partial charge in [0.05, 0.1) is 27.7 Å². The fourth-order valence-corrected chi connectivity index (χ4v) is 6.31. The molecular weight excluding hydrogens is 709 g/mol. The molecule has 4 aromatic heterocycles. The van der Waals surface area contributed by atoms with Gasteiger partial charge in [0.2, 0.25) is 11.7 Å². The number of aromatic hydroxyl groups is 1. The Labute approximate surface area is 296 Å². The van der Waals surface area contributed by atoms with Crippen molar-refractivity contribution in [3.8, 4) is 17.1 Å². The van der Waals surface area contributed by atoms with Crippen molar-refractivity contribution in [2.45, 2.75) is 33.0 Å². The molecular formula is C33H28ClF3N10O5. The zero-order valence-electron chi connectivity index (χ0n) is 27.5. The third-order valence-electron chi connectivity index (χ3n) is 8.74. The Hall–Kier alpha value is -6.04. The standard InChI is InChI=1S/C33H28ClF3N10O5/c1-3-24-27(44-8-10-45(11-9-44)30(50)26-28(49)17(2)38-16-39-26)31(51)47-32(41-29(42-47)18-4-5-19-15-52-43-23(19)12-18)46(24)14-25(48)40-22-7-6-20(13-21(22)34)33(35,36)37/h4-7,12-13,15-16,49H,3,8-11,14H2,1-2H3,(H,40,48). The molecule has 268 valence electrons. The average molecular weight is 737 g/mol. The summed E-state index contributed by atoms with van der Waals surface area (Å²) < 4.78 is 47.3. The Morgan fingerprint density at radius 1 is 1.08 bits per heavy atom. The molecule has 0 aliphatic carbocycles. The number of aryl methyl sites for hydroxylation is 1. The zero-order valence-corrected chi connectivity index (χ0v) is 28.2. The van der Waals surface area contributed by atoms with Gasteiger partial charge in [-0.05, 0) is 43.7 Å². The first-order valence-corrected chi connectivity index (χ1v) is 16.3. The van der Waals surface area contributed by atoms with Crippen LogP contribution in [0.15, 0.2) is 58.3 Å². The molecule has 2 N–H and O–H groups in total. The van der Waals surface area contributed by atoms with Gasteiger partial charge in [0.15, 0.2) is 17.3 Å². The van der Waals surface area contributed by atoms with E-state index in [1.807, 2.05) is 0 Å². The maximum atomic E-state index is 14.3. The van der Waals surface area contributed by atoms with Crippen molar-refractivity contribution in [1.82, 2.24) is 39.2 Å². The summed E-state index contributed by atoms with van der Waals surface area (Å²) in [5.41, 5.74) is 0.323. The van der Waals surface area contributed by atoms with Crippen LogP contribution in [0.5, 0.6) is 5.75 Å². The first kappa shape index (κ1) is 34.4. The van der Waals surface area contributed by atoms with Crippen LogP contribution >= 0.6 is 11.6 Å². The number of aromatic nitrogens is 7. The van der Waals surface area contributed by atoms with Gasteiger partial charge >= 0.3 is 6.18 Å². The Balaban J connectivity index is 1.26. The number of piperazine rings is 1. The number of alkyl halides is 3. The van der Waals surface area contributed by atoms with Crippen LogP contribution in [0.1, 0.15) is 34.4 Å². The summed E-state index contributed by atoms with van der Waals surface area (Å²) in [6.07, 6.45) is -1.69. The van der Waals surface area contributed by atoms with E-state index in [2.05, 4.69) is 30.5 Å². The van der Waals surface area contributed by atoms with Crippen molar-refractivity contribution < 1.29 is 32.4 Å². The second-order valence-corrected chi connectivity index (χ2v) is 12.4. The van der Waals surface area contributed by atoms with Crippen LogP contribution in [0.4, 0.5) is 24.5 Å². The lowest BCUT2D eigenvalue weighted by molar-refractivity contribution is -0.137. The first-order chi connectivity index (χ1) is 24.8. The average Bonchev–Trinajstić information content (AvgIpc) is 3.79. The van der Waals surface area contributed by atoms with Crippen molar-refractivity contribution in [1.29, 1.82) is 0 Å². The quantitative estimate of drug-likeness (QED) is 0.238. The van der Waals surface area contributed by atoms with Gasteiger partial charge in [-0.15, -0.1) is 5.10 Å². The van der Waals surface area contributed by atoms with E-state index in [1.54, 1.807) is 36.9 Å². The molecule has 6 aromatic rings. The van der Waals surface area contributed by atoms with Gasteiger partial charge in [-0.3, -0.25) is 14.4 Å². The molecule has 2 amide bonds. The van der Waals surface area contributed by atoms with Crippen LogP contribution in [0.25, 0.3) is 28.1 Å². The summed E-state index contributed by atoms with van der Waals surface area (Å²) in [5, 5.41) is 21.9. The first-order valence-electron chi connectivity index (χ1n) is 15.9. The van der Waals surface area contributed by atoms with Crippen LogP contribution in [-0.4, -0.2) is 82.3 Å². The van der Waals surface area contributed by atoms with Crippen LogP contribution in [0.2, 0.25) is 5.02 Å². The number of hydrogen-bond acceptors (Lipinski definition) is 11. The van der Waals surface area contributed by atoms with Gasteiger partial charge in [0.25, 0.3) is 11.5 Å². The fourth-order valence-electron chi connectivity index (χ4n) is 6.09.